The summed E-state index contributed by atoms with van der Waals surface area (Å²) in [5.74, 6) is 0.147. The minimum absolute atomic E-state index is 0.111. The molecule has 2 fully saturated rings. The van der Waals surface area contributed by atoms with Crippen molar-refractivity contribution < 1.29 is 9.59 Å². The number of nitrogens with one attached hydrogen (secondary N) is 1. The fourth-order valence-electron chi connectivity index (χ4n) is 5.12. The average Bonchev–Trinajstić information content (AvgIpc) is 3.51. The van der Waals surface area contributed by atoms with Gasteiger partial charge in [-0.05, 0) is 62.9 Å². The van der Waals surface area contributed by atoms with E-state index in [4.69, 9.17) is 16.7 Å². The van der Waals surface area contributed by atoms with Crippen LogP contribution in [-0.4, -0.2) is 33.2 Å². The number of hydrogen-bond donors (Lipinski definition) is 1. The van der Waals surface area contributed by atoms with E-state index in [1.165, 1.54) is 19.3 Å². The first-order valence-corrected chi connectivity index (χ1v) is 12.3. The highest BCUT2D eigenvalue weighted by Gasteiger charge is 2.49. The fraction of sp³-hybridized carbons (Fsp3) is 0.560. The highest BCUT2D eigenvalue weighted by Crippen LogP contribution is 2.41. The molecule has 1 atom stereocenters. The maximum absolute atomic E-state index is 13.8. The first-order chi connectivity index (χ1) is 15.5. The third kappa shape index (κ3) is 4.05. The molecule has 2 aliphatic carbocycles. The van der Waals surface area contributed by atoms with E-state index in [1.54, 1.807) is 21.7 Å². The Labute approximate surface area is 194 Å². The van der Waals surface area contributed by atoms with E-state index in [0.29, 0.717) is 28.9 Å². The second kappa shape index (κ2) is 8.54. The van der Waals surface area contributed by atoms with Crippen LogP contribution < -0.4 is 10.2 Å². The number of amides is 2. The van der Waals surface area contributed by atoms with Crippen LogP contribution >= 0.6 is 11.6 Å². The Balaban J connectivity index is 1.49. The Morgan fingerprint density at radius 1 is 1.06 bits per heavy atom. The van der Waals surface area contributed by atoms with Gasteiger partial charge < -0.3 is 5.32 Å². The summed E-state index contributed by atoms with van der Waals surface area (Å²) >= 11 is 6.11. The van der Waals surface area contributed by atoms with Gasteiger partial charge in [0.25, 0.3) is 5.91 Å². The first kappa shape index (κ1) is 21.5. The smallest absolute Gasteiger partial charge is 0.277 e. The summed E-state index contributed by atoms with van der Waals surface area (Å²) in [6, 6.07) is 9.22. The van der Waals surface area contributed by atoms with Crippen LogP contribution in [0.15, 0.2) is 30.3 Å². The van der Waals surface area contributed by atoms with Gasteiger partial charge in [-0.2, -0.15) is 5.10 Å². The maximum Gasteiger partial charge on any atom is 0.277 e. The number of fused-ring (bicyclic) bond motifs is 1. The van der Waals surface area contributed by atoms with Gasteiger partial charge in [0.05, 0.1) is 12.2 Å². The molecule has 32 heavy (non-hydrogen) atoms. The van der Waals surface area contributed by atoms with Gasteiger partial charge in [0, 0.05) is 22.7 Å². The van der Waals surface area contributed by atoms with E-state index in [-0.39, 0.29) is 17.9 Å². The van der Waals surface area contributed by atoms with E-state index < -0.39 is 5.54 Å². The van der Waals surface area contributed by atoms with Crippen molar-refractivity contribution in [2.24, 2.45) is 0 Å². The summed E-state index contributed by atoms with van der Waals surface area (Å²) in [7, 11) is 0. The van der Waals surface area contributed by atoms with Crippen molar-refractivity contribution in [2.75, 3.05) is 4.90 Å². The molecule has 0 spiro atoms. The van der Waals surface area contributed by atoms with Gasteiger partial charge >= 0.3 is 0 Å². The lowest BCUT2D eigenvalue weighted by atomic mass is 9.91. The van der Waals surface area contributed by atoms with Gasteiger partial charge in [-0.25, -0.2) is 0 Å². The number of hydrogen-bond acceptors (Lipinski definition) is 3. The van der Waals surface area contributed by atoms with Crippen LogP contribution in [-0.2, 0) is 11.3 Å². The number of aromatic nitrogens is 2. The zero-order valence-electron chi connectivity index (χ0n) is 18.6. The second-order valence-corrected chi connectivity index (χ2v) is 10.2. The average molecular weight is 455 g/mol. The highest BCUT2D eigenvalue weighted by atomic mass is 35.5. The Kier molecular flexibility index (Phi) is 5.74. The summed E-state index contributed by atoms with van der Waals surface area (Å²) in [5, 5.41) is 8.62. The molecular weight excluding hydrogens is 424 g/mol. The maximum atomic E-state index is 13.8. The third-order valence-electron chi connectivity index (χ3n) is 7.18. The molecule has 3 aliphatic rings. The molecule has 6 nitrogen and oxygen atoms in total. The van der Waals surface area contributed by atoms with Gasteiger partial charge in [-0.1, -0.05) is 43.7 Å². The molecule has 0 unspecified atom stereocenters. The van der Waals surface area contributed by atoms with E-state index in [2.05, 4.69) is 5.32 Å². The van der Waals surface area contributed by atoms with Crippen LogP contribution in [0.25, 0.3) is 0 Å². The molecule has 1 N–H and O–H groups in total. The van der Waals surface area contributed by atoms with E-state index >= 15 is 0 Å². The Morgan fingerprint density at radius 2 is 1.72 bits per heavy atom. The minimum Gasteiger partial charge on any atom is -0.351 e. The number of rotatable bonds is 4. The third-order valence-corrected chi connectivity index (χ3v) is 7.43. The SMILES string of the molecule is C[C@@]1(C(=O)NC2CCCCCCC2)Cn2nc(C3CC3)cc2C(=O)N1c1ccc(Cl)cc1. The van der Waals surface area contributed by atoms with Gasteiger partial charge in [0.15, 0.2) is 0 Å². The van der Waals surface area contributed by atoms with Crippen molar-refractivity contribution in [3.63, 3.8) is 0 Å². The molecule has 2 amide bonds. The zero-order chi connectivity index (χ0) is 22.3. The standard InChI is InChI=1S/C25H31ClN4O2/c1-25(24(32)27-19-7-5-3-2-4-6-8-19)16-29-22(15-21(28-29)17-9-10-17)23(31)30(25)20-13-11-18(26)12-14-20/h11-15,17,19H,2-10,16H2,1H3,(H,27,32)/t25-/m0/s1. The summed E-state index contributed by atoms with van der Waals surface area (Å²) < 4.78 is 1.75. The molecular formula is C25H31ClN4O2. The van der Waals surface area contributed by atoms with Gasteiger partial charge in [0.2, 0.25) is 5.91 Å². The normalized spacial score (nSPS) is 24.6. The molecule has 1 aromatic heterocycles. The summed E-state index contributed by atoms with van der Waals surface area (Å²) in [4.78, 5) is 29.1. The Hall–Kier alpha value is -2.34. The Morgan fingerprint density at radius 3 is 2.38 bits per heavy atom. The lowest BCUT2D eigenvalue weighted by molar-refractivity contribution is -0.127. The number of benzene rings is 1. The highest BCUT2D eigenvalue weighted by molar-refractivity contribution is 6.30. The predicted molar refractivity (Wildman–Crippen MR) is 125 cm³/mol. The molecule has 7 heteroatoms. The molecule has 5 rings (SSSR count). The largest absolute Gasteiger partial charge is 0.351 e. The molecule has 0 saturated heterocycles. The van der Waals surface area contributed by atoms with Crippen LogP contribution in [0, 0.1) is 0 Å². The summed E-state index contributed by atoms with van der Waals surface area (Å²) in [6.45, 7) is 2.20. The number of nitrogens with zero attached hydrogens (tertiary/aromatic N) is 3. The molecule has 1 aromatic carbocycles. The van der Waals surface area contributed by atoms with E-state index in [0.717, 1.165) is 44.2 Å². The van der Waals surface area contributed by atoms with Crippen LogP contribution in [0.5, 0.6) is 0 Å². The van der Waals surface area contributed by atoms with Crippen molar-refractivity contribution in [1.29, 1.82) is 0 Å². The van der Waals surface area contributed by atoms with Crippen LogP contribution in [0.1, 0.15) is 86.8 Å². The minimum atomic E-state index is -1.08. The molecule has 2 aromatic rings. The van der Waals surface area contributed by atoms with Crippen molar-refractivity contribution in [1.82, 2.24) is 15.1 Å². The van der Waals surface area contributed by atoms with E-state index in [1.807, 2.05) is 25.1 Å². The predicted octanol–water partition coefficient (Wildman–Crippen LogP) is 5.06. The van der Waals surface area contributed by atoms with Gasteiger partial charge in [0.1, 0.15) is 11.2 Å². The summed E-state index contributed by atoms with van der Waals surface area (Å²) in [6.07, 6.45) is 10.2. The molecule has 170 valence electrons. The molecule has 2 saturated carbocycles. The topological polar surface area (TPSA) is 67.2 Å². The quantitative estimate of drug-likeness (QED) is 0.701. The van der Waals surface area contributed by atoms with Crippen LogP contribution in [0.3, 0.4) is 0 Å². The monoisotopic (exact) mass is 454 g/mol. The van der Waals surface area contributed by atoms with Crippen molar-refractivity contribution in [3.05, 3.63) is 46.7 Å². The number of anilines is 1. The number of carbonyl (C=O) groups is 2. The van der Waals surface area contributed by atoms with Gasteiger partial charge in [-0.15, -0.1) is 0 Å². The zero-order valence-corrected chi connectivity index (χ0v) is 19.4. The van der Waals surface area contributed by atoms with Gasteiger partial charge in [-0.3, -0.25) is 19.2 Å². The fourth-order valence-corrected chi connectivity index (χ4v) is 5.24. The molecule has 0 radical (unpaired) electrons. The number of halogens is 1. The summed E-state index contributed by atoms with van der Waals surface area (Å²) in [5.41, 5.74) is 1.12. The van der Waals surface area contributed by atoms with Crippen molar-refractivity contribution in [2.45, 2.75) is 88.8 Å². The molecule has 1 aliphatic heterocycles. The lowest BCUT2D eigenvalue weighted by Gasteiger charge is -2.43. The van der Waals surface area contributed by atoms with Crippen molar-refractivity contribution in [3.8, 4) is 0 Å². The first-order valence-electron chi connectivity index (χ1n) is 11.9. The molecule has 0 bridgehead atoms. The van der Waals surface area contributed by atoms with E-state index in [9.17, 15) is 9.59 Å². The van der Waals surface area contributed by atoms with Crippen LogP contribution in [0.4, 0.5) is 5.69 Å². The number of carbonyl (C=O) groups excluding carboxylic acids is 2. The van der Waals surface area contributed by atoms with Crippen molar-refractivity contribution >= 4 is 29.1 Å². The Bertz CT molecular complexity index is 1010. The molecule has 2 heterocycles. The lowest BCUT2D eigenvalue weighted by Crippen LogP contribution is -2.65. The second-order valence-electron chi connectivity index (χ2n) is 9.79. The van der Waals surface area contributed by atoms with Crippen LogP contribution in [0.2, 0.25) is 5.02 Å².